The minimum atomic E-state index is -0.240. The second-order valence-electron chi connectivity index (χ2n) is 7.47. The molecule has 4 bridgehead atoms. The van der Waals surface area contributed by atoms with Crippen LogP contribution in [0.25, 0.3) is 0 Å². The van der Waals surface area contributed by atoms with E-state index in [1.165, 1.54) is 38.5 Å². The molecule has 5 rings (SSSR count). The van der Waals surface area contributed by atoms with Gasteiger partial charge in [0.15, 0.2) is 0 Å². The van der Waals surface area contributed by atoms with Crippen molar-refractivity contribution in [2.75, 3.05) is 0 Å². The summed E-state index contributed by atoms with van der Waals surface area (Å²) in [6, 6.07) is 1.95. The fourth-order valence-electron chi connectivity index (χ4n) is 5.58. The van der Waals surface area contributed by atoms with Crippen LogP contribution >= 0.6 is 11.6 Å². The number of aliphatic hydroxyl groups excluding tert-OH is 1. The van der Waals surface area contributed by atoms with Gasteiger partial charge in [-0.3, -0.25) is 4.98 Å². The van der Waals surface area contributed by atoms with Crippen LogP contribution in [0, 0.1) is 23.2 Å². The van der Waals surface area contributed by atoms with Gasteiger partial charge in [0.05, 0.1) is 11.1 Å². The van der Waals surface area contributed by atoms with Gasteiger partial charge >= 0.3 is 0 Å². The highest BCUT2D eigenvalue weighted by molar-refractivity contribution is 6.31. The minimum Gasteiger partial charge on any atom is -0.392 e. The monoisotopic (exact) mass is 291 g/mol. The maximum absolute atomic E-state index is 10.9. The summed E-state index contributed by atoms with van der Waals surface area (Å²) in [5.41, 5.74) is 1.23. The van der Waals surface area contributed by atoms with E-state index in [1.54, 1.807) is 12.4 Å². The van der Waals surface area contributed by atoms with Crippen molar-refractivity contribution in [2.24, 2.45) is 23.2 Å². The van der Waals surface area contributed by atoms with Gasteiger partial charge < -0.3 is 5.11 Å². The molecule has 1 N–H and O–H groups in total. The van der Waals surface area contributed by atoms with E-state index in [2.05, 4.69) is 4.98 Å². The van der Waals surface area contributed by atoms with E-state index >= 15 is 0 Å². The van der Waals surface area contributed by atoms with Gasteiger partial charge in [-0.15, -0.1) is 0 Å². The van der Waals surface area contributed by atoms with E-state index in [-0.39, 0.29) is 11.5 Å². The van der Waals surface area contributed by atoms with Gasteiger partial charge in [0.2, 0.25) is 0 Å². The van der Waals surface area contributed by atoms with Gasteiger partial charge in [-0.2, -0.15) is 0 Å². The molecule has 4 aliphatic carbocycles. The largest absolute Gasteiger partial charge is 0.392 e. The van der Waals surface area contributed by atoms with E-state index in [1.807, 2.05) is 6.07 Å². The van der Waals surface area contributed by atoms with Crippen LogP contribution in [0.1, 0.15) is 44.1 Å². The van der Waals surface area contributed by atoms with Gasteiger partial charge in [0.25, 0.3) is 0 Å². The summed E-state index contributed by atoms with van der Waals surface area (Å²) in [6.07, 6.45) is 11.9. The number of halogens is 1. The van der Waals surface area contributed by atoms with E-state index in [4.69, 9.17) is 11.6 Å². The summed E-state index contributed by atoms with van der Waals surface area (Å²) < 4.78 is 0. The zero-order valence-corrected chi connectivity index (χ0v) is 12.5. The average molecular weight is 292 g/mol. The van der Waals surface area contributed by atoms with Gasteiger partial charge in [-0.25, -0.2) is 0 Å². The van der Waals surface area contributed by atoms with Crippen molar-refractivity contribution in [1.29, 1.82) is 0 Å². The van der Waals surface area contributed by atoms with Gasteiger partial charge in [0.1, 0.15) is 0 Å². The maximum Gasteiger partial charge on any atom is 0.0637 e. The summed E-state index contributed by atoms with van der Waals surface area (Å²) >= 11 is 6.20. The molecular formula is C17H22ClNO. The van der Waals surface area contributed by atoms with E-state index < -0.39 is 0 Å². The van der Waals surface area contributed by atoms with Crippen LogP contribution in [-0.2, 0) is 6.42 Å². The molecule has 108 valence electrons. The molecule has 20 heavy (non-hydrogen) atoms. The van der Waals surface area contributed by atoms with Crippen molar-refractivity contribution < 1.29 is 5.11 Å². The van der Waals surface area contributed by atoms with Crippen LogP contribution in [0.5, 0.6) is 0 Å². The lowest BCUT2D eigenvalue weighted by Crippen LogP contribution is -2.52. The number of hydrogen-bond acceptors (Lipinski definition) is 2. The topological polar surface area (TPSA) is 33.1 Å². The van der Waals surface area contributed by atoms with Crippen LogP contribution < -0.4 is 0 Å². The van der Waals surface area contributed by atoms with Gasteiger partial charge in [-0.1, -0.05) is 11.6 Å². The molecule has 0 aromatic carbocycles. The van der Waals surface area contributed by atoms with Crippen molar-refractivity contribution in [3.05, 3.63) is 29.0 Å². The SMILES string of the molecule is OC(Cc1ccncc1Cl)C12CC3CC(CC(C3)C1)C2. The molecule has 0 radical (unpaired) electrons. The second kappa shape index (κ2) is 4.71. The molecule has 3 heteroatoms. The first kappa shape index (κ1) is 13.1. The van der Waals surface area contributed by atoms with Crippen LogP contribution in [0.4, 0.5) is 0 Å². The number of pyridine rings is 1. The Bertz CT molecular complexity index is 480. The highest BCUT2D eigenvalue weighted by Gasteiger charge is 2.53. The molecule has 4 fully saturated rings. The quantitative estimate of drug-likeness (QED) is 0.917. The fourth-order valence-corrected chi connectivity index (χ4v) is 5.78. The first-order valence-electron chi connectivity index (χ1n) is 7.91. The van der Waals surface area contributed by atoms with Crippen molar-refractivity contribution in [3.8, 4) is 0 Å². The van der Waals surface area contributed by atoms with Gasteiger partial charge in [-0.05, 0) is 73.3 Å². The third-order valence-electron chi connectivity index (χ3n) is 6.06. The number of aliphatic hydroxyl groups is 1. The summed E-state index contributed by atoms with van der Waals surface area (Å²) in [5, 5.41) is 11.6. The van der Waals surface area contributed by atoms with Crippen molar-refractivity contribution in [2.45, 2.75) is 51.0 Å². The smallest absolute Gasteiger partial charge is 0.0637 e. The lowest BCUT2D eigenvalue weighted by molar-refractivity contribution is -0.119. The Balaban J connectivity index is 1.56. The van der Waals surface area contributed by atoms with Crippen molar-refractivity contribution >= 4 is 11.6 Å². The highest BCUT2D eigenvalue weighted by Crippen LogP contribution is 2.61. The lowest BCUT2D eigenvalue weighted by atomic mass is 9.48. The van der Waals surface area contributed by atoms with Crippen LogP contribution in [-0.4, -0.2) is 16.2 Å². The predicted molar refractivity (Wildman–Crippen MR) is 79.6 cm³/mol. The zero-order valence-electron chi connectivity index (χ0n) is 11.8. The Morgan fingerprint density at radius 2 is 1.80 bits per heavy atom. The van der Waals surface area contributed by atoms with E-state index in [0.717, 1.165) is 23.3 Å². The standard InChI is InChI=1S/C17H22ClNO/c18-15-10-19-2-1-14(15)6-16(20)17-7-11-3-12(8-17)5-13(4-11)9-17/h1-2,10-13,16,20H,3-9H2. The van der Waals surface area contributed by atoms with E-state index in [9.17, 15) is 5.11 Å². The third kappa shape index (κ3) is 2.08. The Labute approximate surface area is 125 Å². The minimum absolute atomic E-state index is 0.182. The molecule has 1 heterocycles. The molecule has 0 amide bonds. The number of hydrogen-bond donors (Lipinski definition) is 1. The van der Waals surface area contributed by atoms with Crippen molar-refractivity contribution in [3.63, 3.8) is 0 Å². The summed E-state index contributed by atoms with van der Waals surface area (Å²) in [6.45, 7) is 0. The van der Waals surface area contributed by atoms with Crippen LogP contribution in [0.3, 0.4) is 0 Å². The van der Waals surface area contributed by atoms with Crippen LogP contribution in [0.15, 0.2) is 18.5 Å². The summed E-state index contributed by atoms with van der Waals surface area (Å²) in [5.74, 6) is 2.64. The average Bonchev–Trinajstić information content (AvgIpc) is 2.40. The Kier molecular flexibility index (Phi) is 3.08. The Morgan fingerprint density at radius 1 is 1.20 bits per heavy atom. The number of aromatic nitrogens is 1. The highest BCUT2D eigenvalue weighted by atomic mass is 35.5. The molecule has 2 nitrogen and oxygen atoms in total. The molecule has 1 aromatic rings. The maximum atomic E-state index is 10.9. The number of rotatable bonds is 3. The molecule has 0 spiro atoms. The lowest BCUT2D eigenvalue weighted by Gasteiger charge is -2.58. The third-order valence-corrected chi connectivity index (χ3v) is 6.40. The molecule has 1 aromatic heterocycles. The Morgan fingerprint density at radius 3 is 2.35 bits per heavy atom. The fraction of sp³-hybridized carbons (Fsp3) is 0.706. The molecule has 1 atom stereocenters. The Hall–Kier alpha value is -0.600. The molecule has 0 saturated heterocycles. The first-order valence-corrected chi connectivity index (χ1v) is 8.29. The first-order chi connectivity index (χ1) is 9.64. The normalized spacial score (nSPS) is 40.0. The molecule has 4 saturated carbocycles. The second-order valence-corrected chi connectivity index (χ2v) is 7.87. The predicted octanol–water partition coefficient (Wildman–Crippen LogP) is 3.85. The van der Waals surface area contributed by atoms with E-state index in [0.29, 0.717) is 11.4 Å². The van der Waals surface area contributed by atoms with Gasteiger partial charge in [0, 0.05) is 18.8 Å². The molecule has 1 unspecified atom stereocenters. The molecular weight excluding hydrogens is 270 g/mol. The summed E-state index contributed by atoms with van der Waals surface area (Å²) in [7, 11) is 0. The summed E-state index contributed by atoms with van der Waals surface area (Å²) in [4.78, 5) is 4.03. The van der Waals surface area contributed by atoms with Crippen LogP contribution in [0.2, 0.25) is 5.02 Å². The van der Waals surface area contributed by atoms with Crippen molar-refractivity contribution in [1.82, 2.24) is 4.98 Å². The number of nitrogens with zero attached hydrogens (tertiary/aromatic N) is 1. The zero-order chi connectivity index (χ0) is 13.7. The molecule has 0 aliphatic heterocycles. The molecule has 4 aliphatic rings.